The molecule has 0 saturated carbocycles. The van der Waals surface area contributed by atoms with Gasteiger partial charge in [-0.1, -0.05) is 37.3 Å². The second kappa shape index (κ2) is 13.1. The summed E-state index contributed by atoms with van der Waals surface area (Å²) >= 11 is 0. The SMILES string of the molecule is C=CCOCC(O)CN(Cc1c(C)nn(-c2ccccc2)c1Oc1cccc(OC)c1)C(C)CC. The van der Waals surface area contributed by atoms with Gasteiger partial charge < -0.3 is 19.3 Å². The first-order valence-corrected chi connectivity index (χ1v) is 12.0. The van der Waals surface area contributed by atoms with Gasteiger partial charge in [-0.15, -0.1) is 6.58 Å². The van der Waals surface area contributed by atoms with E-state index in [2.05, 4.69) is 25.3 Å². The number of aliphatic hydroxyl groups is 1. The second-order valence-corrected chi connectivity index (χ2v) is 8.56. The fourth-order valence-corrected chi connectivity index (χ4v) is 3.82. The maximum atomic E-state index is 10.6. The van der Waals surface area contributed by atoms with Gasteiger partial charge in [-0.25, -0.2) is 4.68 Å². The van der Waals surface area contributed by atoms with Crippen LogP contribution in [0, 0.1) is 6.92 Å². The Hall–Kier alpha value is -3.13. The van der Waals surface area contributed by atoms with E-state index < -0.39 is 6.10 Å². The number of methoxy groups -OCH3 is 1. The van der Waals surface area contributed by atoms with Crippen molar-refractivity contribution in [3.63, 3.8) is 0 Å². The molecule has 0 aliphatic carbocycles. The number of aryl methyl sites for hydroxylation is 1. The maximum Gasteiger partial charge on any atom is 0.227 e. The molecule has 0 radical (unpaired) electrons. The molecule has 3 rings (SSSR count). The molecule has 0 bridgehead atoms. The largest absolute Gasteiger partial charge is 0.497 e. The molecular weight excluding hydrogens is 442 g/mol. The Morgan fingerprint density at radius 3 is 2.57 bits per heavy atom. The van der Waals surface area contributed by atoms with Gasteiger partial charge >= 0.3 is 0 Å². The van der Waals surface area contributed by atoms with E-state index in [1.54, 1.807) is 13.2 Å². The summed E-state index contributed by atoms with van der Waals surface area (Å²) in [6.45, 7) is 11.7. The predicted octanol–water partition coefficient (Wildman–Crippen LogP) is 5.15. The fraction of sp³-hybridized carbons (Fsp3) is 0.393. The van der Waals surface area contributed by atoms with Crippen LogP contribution in [0.3, 0.4) is 0 Å². The number of hydrogen-bond acceptors (Lipinski definition) is 6. The third-order valence-electron chi connectivity index (χ3n) is 5.96. The van der Waals surface area contributed by atoms with Crippen LogP contribution in [0.25, 0.3) is 5.69 Å². The second-order valence-electron chi connectivity index (χ2n) is 8.56. The van der Waals surface area contributed by atoms with Crippen LogP contribution in [0.15, 0.2) is 67.3 Å². The molecule has 0 amide bonds. The minimum absolute atomic E-state index is 0.244. The first-order chi connectivity index (χ1) is 17.0. The summed E-state index contributed by atoms with van der Waals surface area (Å²) in [5.41, 5.74) is 2.75. The van der Waals surface area contributed by atoms with E-state index in [1.165, 1.54) is 0 Å². The van der Waals surface area contributed by atoms with E-state index in [0.717, 1.165) is 29.1 Å². The van der Waals surface area contributed by atoms with Crippen molar-refractivity contribution in [1.29, 1.82) is 0 Å². The van der Waals surface area contributed by atoms with Crippen molar-refractivity contribution in [3.05, 3.63) is 78.5 Å². The van der Waals surface area contributed by atoms with Crippen molar-refractivity contribution in [2.24, 2.45) is 0 Å². The summed E-state index contributed by atoms with van der Waals surface area (Å²) in [6.07, 6.45) is 2.01. The van der Waals surface area contributed by atoms with Crippen molar-refractivity contribution >= 4 is 0 Å². The Morgan fingerprint density at radius 2 is 1.89 bits per heavy atom. The summed E-state index contributed by atoms with van der Waals surface area (Å²) in [4.78, 5) is 2.25. The average molecular weight is 480 g/mol. The number of ether oxygens (including phenoxy) is 3. The Bertz CT molecular complexity index is 1070. The summed E-state index contributed by atoms with van der Waals surface area (Å²) in [5.74, 6) is 2.03. The fourth-order valence-electron chi connectivity index (χ4n) is 3.82. The molecule has 0 aliphatic heterocycles. The van der Waals surface area contributed by atoms with Gasteiger partial charge in [0.05, 0.1) is 43.4 Å². The first kappa shape index (κ1) is 26.5. The molecule has 7 heteroatoms. The Balaban J connectivity index is 1.96. The monoisotopic (exact) mass is 479 g/mol. The number of benzene rings is 2. The number of rotatable bonds is 14. The Labute approximate surface area is 208 Å². The molecule has 1 aromatic heterocycles. The lowest BCUT2D eigenvalue weighted by Gasteiger charge is -2.30. The van der Waals surface area contributed by atoms with Crippen molar-refractivity contribution < 1.29 is 19.3 Å². The lowest BCUT2D eigenvalue weighted by molar-refractivity contribution is 0.0155. The molecule has 2 aromatic carbocycles. The summed E-state index contributed by atoms with van der Waals surface area (Å²) in [5, 5.41) is 15.4. The number of nitrogens with zero attached hydrogens (tertiary/aromatic N) is 3. The minimum Gasteiger partial charge on any atom is -0.497 e. The summed E-state index contributed by atoms with van der Waals surface area (Å²) in [7, 11) is 1.64. The quantitative estimate of drug-likeness (QED) is 0.255. The first-order valence-electron chi connectivity index (χ1n) is 12.0. The third kappa shape index (κ3) is 7.18. The summed E-state index contributed by atoms with van der Waals surface area (Å²) in [6, 6.07) is 17.7. The van der Waals surface area contributed by atoms with Crippen LogP contribution in [0.2, 0.25) is 0 Å². The van der Waals surface area contributed by atoms with E-state index in [1.807, 2.05) is 66.2 Å². The van der Waals surface area contributed by atoms with Gasteiger partial charge in [-0.05, 0) is 44.5 Å². The van der Waals surface area contributed by atoms with Gasteiger partial charge in [0, 0.05) is 25.2 Å². The van der Waals surface area contributed by atoms with Gasteiger partial charge in [-0.2, -0.15) is 5.10 Å². The van der Waals surface area contributed by atoms with Crippen LogP contribution in [-0.4, -0.2) is 58.8 Å². The Morgan fingerprint density at radius 1 is 1.14 bits per heavy atom. The average Bonchev–Trinajstić information content (AvgIpc) is 3.18. The molecule has 1 heterocycles. The van der Waals surface area contributed by atoms with E-state index >= 15 is 0 Å². The minimum atomic E-state index is -0.615. The smallest absolute Gasteiger partial charge is 0.227 e. The molecule has 188 valence electrons. The van der Waals surface area contributed by atoms with E-state index in [-0.39, 0.29) is 12.6 Å². The topological polar surface area (TPSA) is 69.0 Å². The van der Waals surface area contributed by atoms with Crippen molar-refractivity contribution in [1.82, 2.24) is 14.7 Å². The van der Waals surface area contributed by atoms with Crippen LogP contribution in [0.1, 0.15) is 31.5 Å². The molecule has 1 N–H and O–H groups in total. The van der Waals surface area contributed by atoms with Crippen LogP contribution in [0.5, 0.6) is 17.4 Å². The van der Waals surface area contributed by atoms with Crippen LogP contribution >= 0.6 is 0 Å². The van der Waals surface area contributed by atoms with Gasteiger partial charge in [0.2, 0.25) is 5.88 Å². The number of aliphatic hydroxyl groups excluding tert-OH is 1. The molecule has 7 nitrogen and oxygen atoms in total. The molecule has 2 atom stereocenters. The lowest BCUT2D eigenvalue weighted by atomic mass is 10.1. The maximum absolute atomic E-state index is 10.6. The third-order valence-corrected chi connectivity index (χ3v) is 5.96. The van der Waals surface area contributed by atoms with Crippen LogP contribution in [0.4, 0.5) is 0 Å². The van der Waals surface area contributed by atoms with Crippen LogP contribution < -0.4 is 9.47 Å². The van der Waals surface area contributed by atoms with Crippen molar-refractivity contribution in [2.75, 3.05) is 26.9 Å². The molecule has 0 aliphatic rings. The number of hydrogen-bond donors (Lipinski definition) is 1. The van der Waals surface area contributed by atoms with E-state index in [4.69, 9.17) is 19.3 Å². The molecule has 0 spiro atoms. The van der Waals surface area contributed by atoms with Gasteiger partial charge in [0.15, 0.2) is 0 Å². The zero-order valence-electron chi connectivity index (χ0n) is 21.2. The molecule has 3 aromatic rings. The molecule has 2 unspecified atom stereocenters. The number of para-hydroxylation sites is 1. The van der Waals surface area contributed by atoms with Crippen molar-refractivity contribution in [2.45, 2.75) is 45.9 Å². The molecule has 0 saturated heterocycles. The van der Waals surface area contributed by atoms with Gasteiger partial charge in [0.1, 0.15) is 11.5 Å². The van der Waals surface area contributed by atoms with Crippen molar-refractivity contribution in [3.8, 4) is 23.1 Å². The highest BCUT2D eigenvalue weighted by Crippen LogP contribution is 2.33. The van der Waals surface area contributed by atoms with Crippen LogP contribution in [-0.2, 0) is 11.3 Å². The van der Waals surface area contributed by atoms with Gasteiger partial charge in [0.25, 0.3) is 0 Å². The predicted molar refractivity (Wildman–Crippen MR) is 139 cm³/mol. The molecule has 0 fully saturated rings. The molecule has 35 heavy (non-hydrogen) atoms. The molecular formula is C28H37N3O4. The van der Waals surface area contributed by atoms with E-state index in [0.29, 0.717) is 31.3 Å². The zero-order valence-corrected chi connectivity index (χ0v) is 21.2. The lowest BCUT2D eigenvalue weighted by Crippen LogP contribution is -2.40. The highest BCUT2D eigenvalue weighted by molar-refractivity contribution is 5.44. The summed E-state index contributed by atoms with van der Waals surface area (Å²) < 4.78 is 19.1. The highest BCUT2D eigenvalue weighted by Gasteiger charge is 2.24. The standard InChI is InChI=1S/C28H37N3O4/c1-6-16-34-20-24(32)18-30(21(3)7-2)19-27-22(4)29-31(23-12-9-8-10-13-23)28(27)35-26-15-11-14-25(17-26)33-5/h6,8-15,17,21,24,32H,1,7,16,18-20H2,2-5H3. The highest BCUT2D eigenvalue weighted by atomic mass is 16.5. The van der Waals surface area contributed by atoms with Gasteiger partial charge in [-0.3, -0.25) is 4.90 Å². The Kier molecular flexibility index (Phi) is 9.90. The van der Waals surface area contributed by atoms with E-state index in [9.17, 15) is 5.11 Å². The number of aromatic nitrogens is 2. The zero-order chi connectivity index (χ0) is 25.2. The normalized spacial score (nSPS) is 13.0.